The van der Waals surface area contributed by atoms with Crippen molar-refractivity contribution in [1.82, 2.24) is 25.5 Å². The van der Waals surface area contributed by atoms with Gasteiger partial charge in [-0.1, -0.05) is 18.2 Å². The number of aromatic nitrogens is 2. The molecule has 2 aromatic heterocycles. The Balaban J connectivity index is 1.09. The Bertz CT molecular complexity index is 1810. The van der Waals surface area contributed by atoms with E-state index in [4.69, 9.17) is 9.47 Å². The lowest BCUT2D eigenvalue weighted by Gasteiger charge is -2.29. The van der Waals surface area contributed by atoms with Crippen LogP contribution in [0.15, 0.2) is 60.1 Å². The highest BCUT2D eigenvalue weighted by molar-refractivity contribution is 7.10. The number of carbonyl (C=O) groups excluding carboxylic acids is 2. The SMILES string of the molecule is O=C(NC1CCC(NC(=O)c2cc(F)cnc2Oc2cccc(-c3ccc(O)cc3CN3CCOCC3)c2)CC1)c1csc(C(F)(F)F)n1. The Hall–Kier alpha value is -4.60. The molecule has 15 heteroatoms. The minimum Gasteiger partial charge on any atom is -0.508 e. The predicted octanol–water partition coefficient (Wildman–Crippen LogP) is 6.16. The van der Waals surface area contributed by atoms with Gasteiger partial charge in [-0.25, -0.2) is 14.4 Å². The third kappa shape index (κ3) is 8.71. The molecule has 3 N–H and O–H groups in total. The van der Waals surface area contributed by atoms with Gasteiger partial charge in [0.25, 0.3) is 11.8 Å². The highest BCUT2D eigenvalue weighted by atomic mass is 32.1. The van der Waals surface area contributed by atoms with Gasteiger partial charge in [0, 0.05) is 37.1 Å². The molecule has 1 saturated heterocycles. The lowest BCUT2D eigenvalue weighted by Crippen LogP contribution is -2.44. The second-order valence-corrected chi connectivity index (χ2v) is 12.8. The molecule has 0 radical (unpaired) electrons. The molecule has 1 aliphatic heterocycles. The zero-order valence-corrected chi connectivity index (χ0v) is 27.0. The first-order chi connectivity index (χ1) is 23.5. The summed E-state index contributed by atoms with van der Waals surface area (Å²) in [6, 6.07) is 12.8. The number of amides is 2. The van der Waals surface area contributed by atoms with E-state index in [-0.39, 0.29) is 35.0 Å². The molecule has 0 spiro atoms. The van der Waals surface area contributed by atoms with Crippen molar-refractivity contribution in [3.63, 3.8) is 0 Å². The zero-order valence-electron chi connectivity index (χ0n) is 26.1. The van der Waals surface area contributed by atoms with E-state index < -0.39 is 28.8 Å². The van der Waals surface area contributed by atoms with Crippen molar-refractivity contribution >= 4 is 23.2 Å². The summed E-state index contributed by atoms with van der Waals surface area (Å²) in [6.45, 7) is 3.45. The van der Waals surface area contributed by atoms with E-state index in [0.717, 1.165) is 47.4 Å². The van der Waals surface area contributed by atoms with E-state index in [0.29, 0.717) is 62.5 Å². The summed E-state index contributed by atoms with van der Waals surface area (Å²) < 4.78 is 64.4. The van der Waals surface area contributed by atoms with Crippen LogP contribution in [0.25, 0.3) is 11.1 Å². The van der Waals surface area contributed by atoms with Crippen LogP contribution in [0.3, 0.4) is 0 Å². The van der Waals surface area contributed by atoms with Crippen LogP contribution in [0.2, 0.25) is 0 Å². The van der Waals surface area contributed by atoms with E-state index in [2.05, 4.69) is 25.5 Å². The average Bonchev–Trinajstić information content (AvgIpc) is 3.59. The van der Waals surface area contributed by atoms with Crippen LogP contribution in [-0.2, 0) is 17.5 Å². The Morgan fingerprint density at radius 3 is 2.41 bits per heavy atom. The number of hydrogen-bond acceptors (Lipinski definition) is 9. The number of thiazole rings is 1. The molecule has 1 saturated carbocycles. The van der Waals surface area contributed by atoms with E-state index in [9.17, 15) is 32.3 Å². The highest BCUT2D eigenvalue weighted by Gasteiger charge is 2.35. The summed E-state index contributed by atoms with van der Waals surface area (Å²) in [7, 11) is 0. The van der Waals surface area contributed by atoms with Gasteiger partial charge >= 0.3 is 6.18 Å². The molecule has 2 aliphatic rings. The van der Waals surface area contributed by atoms with Crippen LogP contribution in [0, 0.1) is 5.82 Å². The van der Waals surface area contributed by atoms with Crippen LogP contribution >= 0.6 is 11.3 Å². The molecule has 2 amide bonds. The van der Waals surface area contributed by atoms with Crippen LogP contribution in [0.5, 0.6) is 17.4 Å². The second-order valence-electron chi connectivity index (χ2n) is 11.9. The largest absolute Gasteiger partial charge is 0.508 e. The van der Waals surface area contributed by atoms with Crippen LogP contribution in [0.4, 0.5) is 17.6 Å². The average molecular weight is 700 g/mol. The molecule has 0 bridgehead atoms. The maximum absolute atomic E-state index is 14.3. The Morgan fingerprint density at radius 2 is 1.71 bits per heavy atom. The molecular formula is C34H33F4N5O5S. The quantitative estimate of drug-likeness (QED) is 0.177. The van der Waals surface area contributed by atoms with Gasteiger partial charge in [-0.2, -0.15) is 13.2 Å². The van der Waals surface area contributed by atoms with E-state index in [1.807, 2.05) is 12.1 Å². The Morgan fingerprint density at radius 1 is 1.00 bits per heavy atom. The number of rotatable bonds is 9. The molecule has 2 aromatic carbocycles. The molecular weight excluding hydrogens is 666 g/mol. The van der Waals surface area contributed by atoms with Crippen molar-refractivity contribution < 1.29 is 41.7 Å². The zero-order chi connectivity index (χ0) is 34.5. The monoisotopic (exact) mass is 699 g/mol. The van der Waals surface area contributed by atoms with E-state index in [1.54, 1.807) is 30.3 Å². The van der Waals surface area contributed by atoms with Gasteiger partial charge in [0.15, 0.2) is 5.01 Å². The molecule has 4 aromatic rings. The van der Waals surface area contributed by atoms with Crippen molar-refractivity contribution in [2.75, 3.05) is 26.3 Å². The number of nitrogens with zero attached hydrogens (tertiary/aromatic N) is 3. The first-order valence-electron chi connectivity index (χ1n) is 15.7. The number of halogens is 4. The second kappa shape index (κ2) is 14.9. The lowest BCUT2D eigenvalue weighted by molar-refractivity contribution is -0.137. The molecule has 0 atom stereocenters. The highest BCUT2D eigenvalue weighted by Crippen LogP contribution is 2.34. The van der Waals surface area contributed by atoms with Crippen molar-refractivity contribution in [2.45, 2.75) is 50.5 Å². The molecule has 3 heterocycles. The number of aromatic hydroxyl groups is 1. The smallest absolute Gasteiger partial charge is 0.443 e. The summed E-state index contributed by atoms with van der Waals surface area (Å²) in [5, 5.41) is 15.8. The fourth-order valence-electron chi connectivity index (χ4n) is 5.92. The molecule has 49 heavy (non-hydrogen) atoms. The van der Waals surface area contributed by atoms with Crippen molar-refractivity contribution in [3.8, 4) is 28.5 Å². The fraction of sp³-hybridized carbons (Fsp3) is 0.353. The number of hydrogen-bond donors (Lipinski definition) is 3. The number of alkyl halides is 3. The normalized spacial score (nSPS) is 18.5. The Kier molecular flexibility index (Phi) is 10.4. The maximum atomic E-state index is 14.3. The number of phenols is 1. The molecule has 6 rings (SSSR count). The van der Waals surface area contributed by atoms with E-state index in [1.165, 1.54) is 0 Å². The Labute approximate surface area is 283 Å². The standard InChI is InChI=1S/C34H33F4N5O5S/c35-22-16-28(30(45)40-23-4-6-24(7-5-23)41-31(46)29-19-49-33(42-29)34(36,37)38)32(39-17-22)48-26-3-1-2-20(15-26)27-9-8-25(44)14-21(27)18-43-10-12-47-13-11-43/h1-3,8-9,14-17,19,23-24,44H,4-7,10-13,18H2,(H,40,45)(H,41,46). The predicted molar refractivity (Wildman–Crippen MR) is 172 cm³/mol. The van der Waals surface area contributed by atoms with Gasteiger partial charge in [-0.15, -0.1) is 11.3 Å². The van der Waals surface area contributed by atoms with Gasteiger partial charge < -0.3 is 25.2 Å². The van der Waals surface area contributed by atoms with Gasteiger partial charge in [0.05, 0.1) is 19.4 Å². The number of ether oxygens (including phenoxy) is 2. The number of phenolic OH excluding ortho intramolecular Hbond substituents is 1. The molecule has 10 nitrogen and oxygen atoms in total. The first-order valence-corrected chi connectivity index (χ1v) is 16.6. The molecule has 0 unspecified atom stereocenters. The van der Waals surface area contributed by atoms with Crippen LogP contribution in [-0.4, -0.2) is 70.2 Å². The van der Waals surface area contributed by atoms with Crippen LogP contribution < -0.4 is 15.4 Å². The molecule has 258 valence electrons. The van der Waals surface area contributed by atoms with E-state index >= 15 is 0 Å². The summed E-state index contributed by atoms with van der Waals surface area (Å²) in [5.74, 6) is -1.55. The van der Waals surface area contributed by atoms with Gasteiger partial charge in [-0.3, -0.25) is 14.5 Å². The summed E-state index contributed by atoms with van der Waals surface area (Å²) in [6.07, 6.45) is -1.77. The van der Waals surface area contributed by atoms with Gasteiger partial charge in [-0.05, 0) is 72.7 Å². The minimum absolute atomic E-state index is 0.0854. The van der Waals surface area contributed by atoms with Crippen molar-refractivity contribution in [1.29, 1.82) is 0 Å². The topological polar surface area (TPSA) is 126 Å². The number of pyridine rings is 1. The number of morpholine rings is 1. The van der Waals surface area contributed by atoms with Crippen LogP contribution in [0.1, 0.15) is 57.1 Å². The number of carbonyl (C=O) groups is 2. The summed E-state index contributed by atoms with van der Waals surface area (Å²) >= 11 is 0.361. The van der Waals surface area contributed by atoms with Gasteiger partial charge in [0.1, 0.15) is 28.6 Å². The lowest BCUT2D eigenvalue weighted by atomic mass is 9.91. The number of benzene rings is 2. The molecule has 1 aliphatic carbocycles. The fourth-order valence-corrected chi connectivity index (χ4v) is 6.58. The third-order valence-electron chi connectivity index (χ3n) is 8.39. The number of nitrogens with one attached hydrogen (secondary N) is 2. The summed E-state index contributed by atoms with van der Waals surface area (Å²) in [4.78, 5) is 35.5. The molecule has 2 fully saturated rings. The summed E-state index contributed by atoms with van der Waals surface area (Å²) in [5.41, 5.74) is 2.24. The van der Waals surface area contributed by atoms with Crippen molar-refractivity contribution in [3.05, 3.63) is 87.8 Å². The maximum Gasteiger partial charge on any atom is 0.443 e. The minimum atomic E-state index is -4.62. The van der Waals surface area contributed by atoms with Crippen molar-refractivity contribution in [2.24, 2.45) is 0 Å². The van der Waals surface area contributed by atoms with Gasteiger partial charge in [0.2, 0.25) is 5.88 Å². The third-order valence-corrected chi connectivity index (χ3v) is 9.27. The first kappa shape index (κ1) is 34.3.